The molecule has 0 atom stereocenters. The number of hydrogen-bond donors (Lipinski definition) is 0. The minimum absolute atomic E-state index is 0.197. The number of hydrogen-bond acceptors (Lipinski definition) is 2. The first-order chi connectivity index (χ1) is 13.9. The van der Waals surface area contributed by atoms with Crippen molar-refractivity contribution < 1.29 is 26.7 Å². The molecule has 3 aromatic rings. The van der Waals surface area contributed by atoms with Crippen molar-refractivity contribution >= 4 is 18.1 Å². The number of methoxy groups -OCH3 is 1. The van der Waals surface area contributed by atoms with Crippen molar-refractivity contribution in [2.45, 2.75) is 14.7 Å². The first-order valence-corrected chi connectivity index (χ1v) is 10.0. The third kappa shape index (κ3) is 8.21. The molecule has 0 bridgehead atoms. The molecule has 0 heterocycles. The van der Waals surface area contributed by atoms with Crippen LogP contribution in [0.1, 0.15) is 0 Å². The maximum absolute atomic E-state index is 9.75. The van der Waals surface area contributed by atoms with Crippen molar-refractivity contribution in [3.63, 3.8) is 0 Å². The minimum Gasteiger partial charge on any atom is -0.486 e. The molecular formula is C21H21BF4O2S. The van der Waals surface area contributed by atoms with Crippen LogP contribution in [0.4, 0.5) is 17.3 Å². The third-order valence-corrected chi connectivity index (χ3v) is 5.84. The lowest BCUT2D eigenvalue weighted by molar-refractivity contribution is 0.145. The largest absolute Gasteiger partial charge is 0.673 e. The average molecular weight is 424 g/mol. The lowest BCUT2D eigenvalue weighted by Crippen LogP contribution is -2.10. The SMILES string of the molecule is COCCOc1ccccc1[S+](c1ccccc1)c1ccccc1.F[B-](F)(F)F. The molecule has 0 aromatic heterocycles. The van der Waals surface area contributed by atoms with Gasteiger partial charge in [-0.15, -0.1) is 0 Å². The highest BCUT2D eigenvalue weighted by Crippen LogP contribution is 2.36. The van der Waals surface area contributed by atoms with E-state index in [2.05, 4.69) is 72.8 Å². The fourth-order valence-corrected chi connectivity index (χ4v) is 4.66. The molecule has 0 spiro atoms. The van der Waals surface area contributed by atoms with Gasteiger partial charge < -0.3 is 26.7 Å². The fraction of sp³-hybridized carbons (Fsp3) is 0.143. The Hall–Kier alpha value is -2.45. The van der Waals surface area contributed by atoms with Gasteiger partial charge in [-0.05, 0) is 36.4 Å². The Morgan fingerprint density at radius 2 is 1.14 bits per heavy atom. The molecule has 2 nitrogen and oxygen atoms in total. The molecule has 0 N–H and O–H groups in total. The molecule has 0 radical (unpaired) electrons. The number of rotatable bonds is 7. The van der Waals surface area contributed by atoms with E-state index in [4.69, 9.17) is 9.47 Å². The Morgan fingerprint density at radius 3 is 1.62 bits per heavy atom. The molecule has 29 heavy (non-hydrogen) atoms. The lowest BCUT2D eigenvalue weighted by Gasteiger charge is -2.12. The zero-order chi connectivity index (χ0) is 21.1. The summed E-state index contributed by atoms with van der Waals surface area (Å²) >= 11 is 0. The highest BCUT2D eigenvalue weighted by atomic mass is 32.2. The van der Waals surface area contributed by atoms with Crippen LogP contribution in [0.5, 0.6) is 5.75 Å². The molecule has 3 aromatic carbocycles. The van der Waals surface area contributed by atoms with Crippen LogP contribution >= 0.6 is 0 Å². The number of halogens is 4. The Kier molecular flexibility index (Phi) is 9.08. The molecule has 0 unspecified atom stereocenters. The summed E-state index contributed by atoms with van der Waals surface area (Å²) in [5.41, 5.74) is 0. The Labute approximate surface area is 170 Å². The highest BCUT2D eigenvalue weighted by molar-refractivity contribution is 7.97. The quantitative estimate of drug-likeness (QED) is 0.197. The van der Waals surface area contributed by atoms with E-state index in [0.717, 1.165) is 5.75 Å². The smallest absolute Gasteiger partial charge is 0.486 e. The topological polar surface area (TPSA) is 18.5 Å². The number of para-hydroxylation sites is 1. The highest BCUT2D eigenvalue weighted by Gasteiger charge is 2.31. The van der Waals surface area contributed by atoms with Crippen LogP contribution in [0.2, 0.25) is 0 Å². The van der Waals surface area contributed by atoms with Crippen molar-refractivity contribution in [1.82, 2.24) is 0 Å². The van der Waals surface area contributed by atoms with Crippen molar-refractivity contribution in [3.05, 3.63) is 84.9 Å². The zero-order valence-corrected chi connectivity index (χ0v) is 16.6. The van der Waals surface area contributed by atoms with Crippen LogP contribution in [0.3, 0.4) is 0 Å². The summed E-state index contributed by atoms with van der Waals surface area (Å²) in [6.45, 7) is 1.13. The van der Waals surface area contributed by atoms with E-state index in [-0.39, 0.29) is 10.9 Å². The summed E-state index contributed by atoms with van der Waals surface area (Å²) in [7, 11) is -4.51. The molecule has 8 heteroatoms. The van der Waals surface area contributed by atoms with Gasteiger partial charge in [0.15, 0.2) is 15.5 Å². The summed E-state index contributed by atoms with van der Waals surface area (Å²) in [4.78, 5) is 3.77. The second-order valence-electron chi connectivity index (χ2n) is 5.72. The van der Waals surface area contributed by atoms with Gasteiger partial charge in [0.2, 0.25) is 4.90 Å². The second kappa shape index (κ2) is 11.5. The van der Waals surface area contributed by atoms with E-state index in [1.54, 1.807) is 7.11 Å². The average Bonchev–Trinajstić information content (AvgIpc) is 2.70. The minimum atomic E-state index is -6.00. The predicted molar refractivity (Wildman–Crippen MR) is 109 cm³/mol. The van der Waals surface area contributed by atoms with Crippen molar-refractivity contribution in [2.24, 2.45) is 0 Å². The summed E-state index contributed by atoms with van der Waals surface area (Å²) in [5, 5.41) is 0. The number of benzene rings is 3. The van der Waals surface area contributed by atoms with E-state index < -0.39 is 7.25 Å². The molecule has 0 amide bonds. The van der Waals surface area contributed by atoms with Crippen LogP contribution in [0.15, 0.2) is 99.6 Å². The summed E-state index contributed by atoms with van der Waals surface area (Å²) in [5.74, 6) is 0.922. The lowest BCUT2D eigenvalue weighted by atomic mass is 10.3. The van der Waals surface area contributed by atoms with Crippen molar-refractivity contribution in [3.8, 4) is 5.75 Å². The Bertz CT molecular complexity index is 803. The summed E-state index contributed by atoms with van der Waals surface area (Å²) < 4.78 is 50.1. The van der Waals surface area contributed by atoms with Crippen LogP contribution in [-0.4, -0.2) is 27.6 Å². The van der Waals surface area contributed by atoms with Gasteiger partial charge in [-0.2, -0.15) is 0 Å². The van der Waals surface area contributed by atoms with E-state index in [0.29, 0.717) is 13.2 Å². The molecule has 0 aliphatic heterocycles. The van der Waals surface area contributed by atoms with E-state index >= 15 is 0 Å². The third-order valence-electron chi connectivity index (χ3n) is 3.57. The maximum atomic E-state index is 9.75. The zero-order valence-electron chi connectivity index (χ0n) is 15.8. The fourth-order valence-electron chi connectivity index (χ4n) is 2.48. The monoisotopic (exact) mass is 424 g/mol. The predicted octanol–water partition coefficient (Wildman–Crippen LogP) is 6.11. The molecule has 0 saturated heterocycles. The standard InChI is InChI=1S/C21H21O2S.BF4/c1-22-16-17-23-20-14-8-9-15-21(20)24(18-10-4-2-5-11-18)19-12-6-3-7-13-19;2-1(3,4)5/h2-15H,16-17H2,1H3;/q+1;-1. The van der Waals surface area contributed by atoms with Gasteiger partial charge in [0.25, 0.3) is 0 Å². The first-order valence-electron chi connectivity index (χ1n) is 8.82. The molecule has 0 saturated carbocycles. The van der Waals surface area contributed by atoms with E-state index in [1.165, 1.54) is 14.7 Å². The van der Waals surface area contributed by atoms with Crippen LogP contribution < -0.4 is 4.74 Å². The molecule has 0 aliphatic carbocycles. The maximum Gasteiger partial charge on any atom is 0.673 e. The van der Waals surface area contributed by atoms with Gasteiger partial charge >= 0.3 is 7.25 Å². The van der Waals surface area contributed by atoms with Gasteiger partial charge in [-0.25, -0.2) is 0 Å². The van der Waals surface area contributed by atoms with Crippen LogP contribution in [-0.2, 0) is 15.6 Å². The molecule has 0 aliphatic rings. The first kappa shape index (κ1) is 22.8. The van der Waals surface area contributed by atoms with Gasteiger partial charge in [0.05, 0.1) is 6.61 Å². The Morgan fingerprint density at radius 1 is 0.690 bits per heavy atom. The normalized spacial score (nSPS) is 11.0. The molecule has 154 valence electrons. The second-order valence-corrected chi connectivity index (χ2v) is 7.71. The van der Waals surface area contributed by atoms with Crippen LogP contribution in [0, 0.1) is 0 Å². The van der Waals surface area contributed by atoms with E-state index in [9.17, 15) is 17.3 Å². The molecule has 3 rings (SSSR count). The van der Waals surface area contributed by atoms with Gasteiger partial charge in [-0.3, -0.25) is 0 Å². The number of ether oxygens (including phenoxy) is 2. The van der Waals surface area contributed by atoms with Crippen molar-refractivity contribution in [2.75, 3.05) is 20.3 Å². The van der Waals surface area contributed by atoms with Crippen LogP contribution in [0.25, 0.3) is 0 Å². The Balaban J connectivity index is 0.000000537. The van der Waals surface area contributed by atoms with Gasteiger partial charge in [0.1, 0.15) is 17.5 Å². The molecular weight excluding hydrogens is 403 g/mol. The van der Waals surface area contributed by atoms with Gasteiger partial charge in [0, 0.05) is 7.11 Å². The summed E-state index contributed by atoms with van der Waals surface area (Å²) in [6, 6.07) is 29.5. The summed E-state index contributed by atoms with van der Waals surface area (Å²) in [6.07, 6.45) is 0. The molecule has 0 fully saturated rings. The van der Waals surface area contributed by atoms with Gasteiger partial charge in [-0.1, -0.05) is 48.5 Å². The van der Waals surface area contributed by atoms with E-state index in [1.807, 2.05) is 12.1 Å². The van der Waals surface area contributed by atoms with Crippen molar-refractivity contribution in [1.29, 1.82) is 0 Å².